The molecule has 16 heavy (non-hydrogen) atoms. The number of nitrogens with zero attached hydrogens (tertiary/aromatic N) is 1. The predicted molar refractivity (Wildman–Crippen MR) is 62.0 cm³/mol. The van der Waals surface area contributed by atoms with Gasteiger partial charge in [0.1, 0.15) is 0 Å². The Hall–Kier alpha value is -0.610. The maximum absolute atomic E-state index is 12.3. The monoisotopic (exact) mass is 226 g/mol. The van der Waals surface area contributed by atoms with Gasteiger partial charge in [-0.3, -0.25) is 4.79 Å². The average Bonchev–Trinajstić information content (AvgIpc) is 2.78. The minimum Gasteiger partial charge on any atom is -0.391 e. The van der Waals surface area contributed by atoms with Crippen molar-refractivity contribution in [3.8, 4) is 0 Å². The van der Waals surface area contributed by atoms with E-state index in [2.05, 4.69) is 5.32 Å². The second-order valence-electron chi connectivity index (χ2n) is 5.03. The highest BCUT2D eigenvalue weighted by Gasteiger charge is 2.35. The van der Waals surface area contributed by atoms with Crippen molar-refractivity contribution in [1.29, 1.82) is 0 Å². The quantitative estimate of drug-likeness (QED) is 0.715. The molecule has 2 heterocycles. The van der Waals surface area contributed by atoms with E-state index in [0.29, 0.717) is 0 Å². The molecule has 1 amide bonds. The van der Waals surface area contributed by atoms with E-state index >= 15 is 0 Å². The Kier molecular flexibility index (Phi) is 3.82. The molecule has 0 radical (unpaired) electrons. The molecule has 0 aliphatic carbocycles. The summed E-state index contributed by atoms with van der Waals surface area (Å²) in [6.45, 7) is 4.45. The lowest BCUT2D eigenvalue weighted by molar-refractivity contribution is -0.138. The molecular formula is C12H22N2O2. The lowest BCUT2D eigenvalue weighted by Gasteiger charge is -2.32. The summed E-state index contributed by atoms with van der Waals surface area (Å²) < 4.78 is 0. The highest BCUT2D eigenvalue weighted by Crippen LogP contribution is 2.24. The molecule has 0 bridgehead atoms. The van der Waals surface area contributed by atoms with Crippen LogP contribution < -0.4 is 5.32 Å². The molecule has 0 aromatic heterocycles. The summed E-state index contributed by atoms with van der Waals surface area (Å²) in [5.74, 6) is 0.378. The minimum atomic E-state index is -0.400. The fraction of sp³-hybridized carbons (Fsp3) is 0.917. The van der Waals surface area contributed by atoms with Gasteiger partial charge < -0.3 is 15.3 Å². The van der Waals surface area contributed by atoms with Gasteiger partial charge in [0.2, 0.25) is 5.91 Å². The van der Waals surface area contributed by atoms with Gasteiger partial charge in [0.25, 0.3) is 0 Å². The Labute approximate surface area is 97.0 Å². The van der Waals surface area contributed by atoms with Crippen molar-refractivity contribution in [3.05, 3.63) is 0 Å². The Balaban J connectivity index is 1.97. The Morgan fingerprint density at radius 1 is 1.44 bits per heavy atom. The van der Waals surface area contributed by atoms with Crippen LogP contribution in [0.4, 0.5) is 0 Å². The molecule has 2 rings (SSSR count). The summed E-state index contributed by atoms with van der Waals surface area (Å²) in [5, 5.41) is 12.9. The van der Waals surface area contributed by atoms with Crippen molar-refractivity contribution in [2.45, 2.75) is 44.8 Å². The average molecular weight is 226 g/mol. The molecule has 2 aliphatic rings. The van der Waals surface area contributed by atoms with Crippen molar-refractivity contribution in [3.63, 3.8) is 0 Å². The van der Waals surface area contributed by atoms with Gasteiger partial charge in [0, 0.05) is 13.1 Å². The second-order valence-corrected chi connectivity index (χ2v) is 5.03. The smallest absolute Gasteiger partial charge is 0.227 e. The zero-order valence-corrected chi connectivity index (χ0v) is 9.98. The third kappa shape index (κ3) is 2.38. The molecule has 2 aliphatic heterocycles. The molecule has 92 valence electrons. The minimum absolute atomic E-state index is 0.0504. The highest BCUT2D eigenvalue weighted by atomic mass is 16.3. The second kappa shape index (κ2) is 5.15. The summed E-state index contributed by atoms with van der Waals surface area (Å²) in [6.07, 6.45) is 3.66. The van der Waals surface area contributed by atoms with Crippen LogP contribution in [0.25, 0.3) is 0 Å². The molecule has 0 unspecified atom stereocenters. The first kappa shape index (κ1) is 11.9. The highest BCUT2D eigenvalue weighted by molar-refractivity contribution is 5.79. The number of carbonyl (C=O) groups is 1. The van der Waals surface area contributed by atoms with Crippen LogP contribution in [0.5, 0.6) is 0 Å². The number of hydrogen-bond acceptors (Lipinski definition) is 3. The van der Waals surface area contributed by atoms with Gasteiger partial charge in [0.05, 0.1) is 18.1 Å². The van der Waals surface area contributed by atoms with Crippen molar-refractivity contribution < 1.29 is 9.90 Å². The summed E-state index contributed by atoms with van der Waals surface area (Å²) in [5.41, 5.74) is 0. The number of rotatable bonds is 2. The maximum Gasteiger partial charge on any atom is 0.227 e. The first-order valence-electron chi connectivity index (χ1n) is 6.39. The van der Waals surface area contributed by atoms with Crippen molar-refractivity contribution in [1.82, 2.24) is 10.2 Å². The molecule has 0 aromatic carbocycles. The maximum atomic E-state index is 12.3. The van der Waals surface area contributed by atoms with Crippen LogP contribution in [0.1, 0.15) is 32.6 Å². The van der Waals surface area contributed by atoms with Crippen LogP contribution in [-0.4, -0.2) is 47.7 Å². The van der Waals surface area contributed by atoms with E-state index in [1.165, 1.54) is 0 Å². The molecule has 4 nitrogen and oxygen atoms in total. The van der Waals surface area contributed by atoms with Gasteiger partial charge in [-0.1, -0.05) is 0 Å². The van der Waals surface area contributed by atoms with Gasteiger partial charge in [-0.25, -0.2) is 0 Å². The van der Waals surface area contributed by atoms with E-state index in [9.17, 15) is 9.90 Å². The Morgan fingerprint density at radius 3 is 2.88 bits per heavy atom. The van der Waals surface area contributed by atoms with Crippen molar-refractivity contribution in [2.75, 3.05) is 19.6 Å². The summed E-state index contributed by atoms with van der Waals surface area (Å²) >= 11 is 0. The molecule has 2 saturated heterocycles. The van der Waals surface area contributed by atoms with Gasteiger partial charge in [-0.15, -0.1) is 0 Å². The molecule has 3 atom stereocenters. The molecule has 2 N–H and O–H groups in total. The molecule has 2 fully saturated rings. The van der Waals surface area contributed by atoms with Crippen LogP contribution in [0.3, 0.4) is 0 Å². The number of piperidine rings is 1. The summed E-state index contributed by atoms with van der Waals surface area (Å²) in [6, 6.07) is 0.0504. The number of amides is 1. The molecule has 0 spiro atoms. The number of aliphatic hydroxyl groups is 1. The largest absolute Gasteiger partial charge is 0.391 e. The first-order valence-corrected chi connectivity index (χ1v) is 6.39. The third-order valence-corrected chi connectivity index (χ3v) is 3.79. The van der Waals surface area contributed by atoms with Gasteiger partial charge in [-0.2, -0.15) is 0 Å². The standard InChI is InChI=1S/C12H22N2O2/c1-9(15)11-5-3-7-14(11)12(16)10-4-2-6-13-8-10/h9-11,13,15H,2-8H2,1H3/t9-,10-,11+/m0/s1. The van der Waals surface area contributed by atoms with Crippen LogP contribution in [-0.2, 0) is 4.79 Å². The van der Waals surface area contributed by atoms with E-state index in [4.69, 9.17) is 0 Å². The zero-order chi connectivity index (χ0) is 11.5. The first-order chi connectivity index (χ1) is 7.70. The third-order valence-electron chi connectivity index (χ3n) is 3.79. The van der Waals surface area contributed by atoms with Crippen molar-refractivity contribution >= 4 is 5.91 Å². The van der Waals surface area contributed by atoms with Crippen LogP contribution in [0, 0.1) is 5.92 Å². The van der Waals surface area contributed by atoms with Crippen LogP contribution in [0.15, 0.2) is 0 Å². The van der Waals surface area contributed by atoms with Gasteiger partial charge >= 0.3 is 0 Å². The fourth-order valence-corrected chi connectivity index (χ4v) is 2.86. The SMILES string of the molecule is C[C@H](O)[C@H]1CCCN1C(=O)[C@H]1CCCNC1. The summed E-state index contributed by atoms with van der Waals surface area (Å²) in [4.78, 5) is 14.2. The topological polar surface area (TPSA) is 52.6 Å². The van der Waals surface area contributed by atoms with E-state index in [-0.39, 0.29) is 17.9 Å². The molecule has 4 heteroatoms. The van der Waals surface area contributed by atoms with Crippen LogP contribution >= 0.6 is 0 Å². The lowest BCUT2D eigenvalue weighted by Crippen LogP contribution is -2.47. The van der Waals surface area contributed by atoms with Gasteiger partial charge in [-0.05, 0) is 39.2 Å². The zero-order valence-electron chi connectivity index (χ0n) is 9.98. The number of hydrogen-bond donors (Lipinski definition) is 2. The van der Waals surface area contributed by atoms with E-state index < -0.39 is 6.10 Å². The van der Waals surface area contributed by atoms with Crippen LogP contribution in [0.2, 0.25) is 0 Å². The number of nitrogens with one attached hydrogen (secondary N) is 1. The molecular weight excluding hydrogens is 204 g/mol. The van der Waals surface area contributed by atoms with Gasteiger partial charge in [0.15, 0.2) is 0 Å². The lowest BCUT2D eigenvalue weighted by atomic mass is 9.97. The van der Waals surface area contributed by atoms with Crippen molar-refractivity contribution in [2.24, 2.45) is 5.92 Å². The summed E-state index contributed by atoms with van der Waals surface area (Å²) in [7, 11) is 0. The Morgan fingerprint density at radius 2 is 2.25 bits per heavy atom. The molecule has 0 aromatic rings. The predicted octanol–water partition coefficient (Wildman–Crippen LogP) is 0.358. The number of carbonyl (C=O) groups excluding carboxylic acids is 1. The normalized spacial score (nSPS) is 32.8. The fourth-order valence-electron chi connectivity index (χ4n) is 2.86. The van der Waals surface area contributed by atoms with E-state index in [0.717, 1.165) is 45.3 Å². The molecule has 0 saturated carbocycles. The van der Waals surface area contributed by atoms with E-state index in [1.54, 1.807) is 6.92 Å². The number of likely N-dealkylation sites (tertiary alicyclic amines) is 1. The Bertz CT molecular complexity index is 249. The number of aliphatic hydroxyl groups excluding tert-OH is 1. The van der Waals surface area contributed by atoms with E-state index in [1.807, 2.05) is 4.90 Å².